The van der Waals surface area contributed by atoms with E-state index in [0.29, 0.717) is 6.04 Å². The number of hydrogen-bond donors (Lipinski definition) is 1. The number of fused-ring (bicyclic) bond motifs is 1. The van der Waals surface area contributed by atoms with Gasteiger partial charge in [-0.3, -0.25) is 0 Å². The minimum atomic E-state index is 0.564. The molecule has 0 saturated heterocycles. The van der Waals surface area contributed by atoms with Gasteiger partial charge in [-0.2, -0.15) is 0 Å². The molecule has 2 aliphatic rings. The van der Waals surface area contributed by atoms with Crippen LogP contribution in [0.2, 0.25) is 0 Å². The van der Waals surface area contributed by atoms with Crippen molar-refractivity contribution >= 4 is 0 Å². The Kier molecular flexibility index (Phi) is 4.97. The van der Waals surface area contributed by atoms with Gasteiger partial charge < -0.3 is 10.2 Å². The molecular weight excluding hydrogens is 256 g/mol. The molecule has 2 heteroatoms. The van der Waals surface area contributed by atoms with Crippen molar-refractivity contribution < 1.29 is 0 Å². The lowest BCUT2D eigenvalue weighted by Crippen LogP contribution is -2.37. The van der Waals surface area contributed by atoms with Crippen molar-refractivity contribution in [2.24, 2.45) is 0 Å². The molecular formula is C19H30N2. The smallest absolute Gasteiger partial charge is 0.0323 e. The van der Waals surface area contributed by atoms with Crippen LogP contribution in [0.25, 0.3) is 0 Å². The third kappa shape index (κ3) is 3.49. The van der Waals surface area contributed by atoms with Crippen LogP contribution in [-0.2, 0) is 0 Å². The molecule has 0 aromatic heterocycles. The molecule has 2 nitrogen and oxygen atoms in total. The zero-order chi connectivity index (χ0) is 14.7. The van der Waals surface area contributed by atoms with Crippen molar-refractivity contribution in [3.05, 3.63) is 35.4 Å². The van der Waals surface area contributed by atoms with Crippen molar-refractivity contribution in [1.29, 1.82) is 0 Å². The van der Waals surface area contributed by atoms with Crippen LogP contribution < -0.4 is 5.32 Å². The Morgan fingerprint density at radius 1 is 1.05 bits per heavy atom. The van der Waals surface area contributed by atoms with E-state index >= 15 is 0 Å². The number of hydrogen-bond acceptors (Lipinski definition) is 2. The largest absolute Gasteiger partial charge is 0.309 e. The number of nitrogens with one attached hydrogen (secondary N) is 1. The third-order valence-corrected chi connectivity index (χ3v) is 5.59. The molecule has 0 spiro atoms. The zero-order valence-corrected chi connectivity index (χ0v) is 13.6. The van der Waals surface area contributed by atoms with E-state index in [1.165, 1.54) is 45.1 Å². The summed E-state index contributed by atoms with van der Waals surface area (Å²) in [6.45, 7) is 4.65. The van der Waals surface area contributed by atoms with Crippen molar-refractivity contribution in [2.45, 2.75) is 63.5 Å². The molecule has 1 fully saturated rings. The summed E-state index contributed by atoms with van der Waals surface area (Å²) in [5, 5.41) is 3.81. The number of rotatable bonds is 5. The maximum absolute atomic E-state index is 3.81. The van der Waals surface area contributed by atoms with E-state index < -0.39 is 0 Å². The molecule has 0 aliphatic heterocycles. The molecule has 0 bridgehead atoms. The molecule has 1 aromatic rings. The first-order chi connectivity index (χ1) is 10.3. The molecule has 3 rings (SSSR count). The summed E-state index contributed by atoms with van der Waals surface area (Å²) in [5.74, 6) is 0.723. The molecule has 21 heavy (non-hydrogen) atoms. The van der Waals surface area contributed by atoms with E-state index in [1.54, 1.807) is 11.1 Å². The first kappa shape index (κ1) is 15.1. The van der Waals surface area contributed by atoms with Crippen molar-refractivity contribution in [3.63, 3.8) is 0 Å². The number of benzene rings is 1. The number of likely N-dealkylation sites (N-methyl/N-ethyl adjacent to an activating group) is 1. The molecule has 0 heterocycles. The highest BCUT2D eigenvalue weighted by atomic mass is 15.1. The third-order valence-electron chi connectivity index (χ3n) is 5.59. The van der Waals surface area contributed by atoms with Gasteiger partial charge in [0.15, 0.2) is 0 Å². The molecule has 2 aliphatic carbocycles. The van der Waals surface area contributed by atoms with Crippen LogP contribution >= 0.6 is 0 Å². The lowest BCUT2D eigenvalue weighted by Gasteiger charge is -2.31. The van der Waals surface area contributed by atoms with Crippen molar-refractivity contribution in [1.82, 2.24) is 10.2 Å². The average molecular weight is 286 g/mol. The molecule has 0 radical (unpaired) electrons. The molecule has 1 aromatic carbocycles. The second-order valence-corrected chi connectivity index (χ2v) is 7.03. The highest BCUT2D eigenvalue weighted by Crippen LogP contribution is 2.36. The van der Waals surface area contributed by atoms with Crippen LogP contribution in [-0.4, -0.2) is 31.1 Å². The molecule has 2 atom stereocenters. The van der Waals surface area contributed by atoms with E-state index in [9.17, 15) is 0 Å². The quantitative estimate of drug-likeness (QED) is 0.877. The maximum Gasteiger partial charge on any atom is 0.0323 e. The SMILES string of the molecule is CC1CCC(NCCN(C)C2CCCC2)c2ccccc21. The molecule has 1 N–H and O–H groups in total. The standard InChI is InChI=1S/C19H30N2/c1-15-11-12-19(18-10-6-5-9-17(15)18)20-13-14-21(2)16-7-3-4-8-16/h5-6,9-10,15-16,19-20H,3-4,7-8,11-14H2,1-2H3. The Bertz CT molecular complexity index is 451. The topological polar surface area (TPSA) is 15.3 Å². The average Bonchev–Trinajstić information content (AvgIpc) is 3.04. The van der Waals surface area contributed by atoms with Gasteiger partial charge in [-0.1, -0.05) is 44.0 Å². The fraction of sp³-hybridized carbons (Fsp3) is 0.684. The summed E-state index contributed by atoms with van der Waals surface area (Å²) in [5.41, 5.74) is 3.10. The fourth-order valence-electron chi connectivity index (χ4n) is 4.16. The van der Waals surface area contributed by atoms with Crippen LogP contribution in [0.3, 0.4) is 0 Å². The van der Waals surface area contributed by atoms with Crippen LogP contribution in [0.15, 0.2) is 24.3 Å². The highest BCUT2D eigenvalue weighted by Gasteiger charge is 2.24. The Balaban J connectivity index is 1.53. The predicted molar refractivity (Wildman–Crippen MR) is 89.7 cm³/mol. The van der Waals surface area contributed by atoms with E-state index in [-0.39, 0.29) is 0 Å². The second-order valence-electron chi connectivity index (χ2n) is 7.03. The van der Waals surface area contributed by atoms with E-state index in [0.717, 1.165) is 18.5 Å². The van der Waals surface area contributed by atoms with Crippen LogP contribution in [0.4, 0.5) is 0 Å². The van der Waals surface area contributed by atoms with Gasteiger partial charge in [0.05, 0.1) is 0 Å². The lowest BCUT2D eigenvalue weighted by atomic mass is 9.81. The Hall–Kier alpha value is -0.860. The fourth-order valence-corrected chi connectivity index (χ4v) is 4.16. The minimum absolute atomic E-state index is 0.564. The highest BCUT2D eigenvalue weighted by molar-refractivity contribution is 5.34. The van der Waals surface area contributed by atoms with Gasteiger partial charge >= 0.3 is 0 Å². The normalized spacial score (nSPS) is 26.2. The molecule has 2 unspecified atom stereocenters. The molecule has 116 valence electrons. The summed E-state index contributed by atoms with van der Waals surface area (Å²) in [7, 11) is 2.30. The molecule has 0 amide bonds. The van der Waals surface area contributed by atoms with E-state index in [1.807, 2.05) is 0 Å². The van der Waals surface area contributed by atoms with Gasteiger partial charge in [0.2, 0.25) is 0 Å². The number of nitrogens with zero attached hydrogens (tertiary/aromatic N) is 1. The van der Waals surface area contributed by atoms with Crippen molar-refractivity contribution in [2.75, 3.05) is 20.1 Å². The first-order valence-electron chi connectivity index (χ1n) is 8.78. The lowest BCUT2D eigenvalue weighted by molar-refractivity contribution is 0.240. The van der Waals surface area contributed by atoms with E-state index in [4.69, 9.17) is 0 Å². The van der Waals surface area contributed by atoms with Gasteiger partial charge in [0.1, 0.15) is 0 Å². The van der Waals surface area contributed by atoms with Gasteiger partial charge in [-0.15, -0.1) is 0 Å². The maximum atomic E-state index is 3.81. The summed E-state index contributed by atoms with van der Waals surface area (Å²) in [6, 6.07) is 10.4. The Morgan fingerprint density at radius 3 is 2.52 bits per heavy atom. The zero-order valence-electron chi connectivity index (χ0n) is 13.6. The summed E-state index contributed by atoms with van der Waals surface area (Å²) < 4.78 is 0. The van der Waals surface area contributed by atoms with Gasteiger partial charge in [-0.25, -0.2) is 0 Å². The second kappa shape index (κ2) is 6.93. The monoisotopic (exact) mass is 286 g/mol. The summed E-state index contributed by atoms with van der Waals surface area (Å²) in [4.78, 5) is 2.57. The van der Waals surface area contributed by atoms with Crippen LogP contribution in [0.5, 0.6) is 0 Å². The first-order valence-corrected chi connectivity index (χ1v) is 8.78. The van der Waals surface area contributed by atoms with Gasteiger partial charge in [0, 0.05) is 25.2 Å². The van der Waals surface area contributed by atoms with E-state index in [2.05, 4.69) is 48.5 Å². The van der Waals surface area contributed by atoms with Crippen molar-refractivity contribution in [3.8, 4) is 0 Å². The van der Waals surface area contributed by atoms with Gasteiger partial charge in [0.25, 0.3) is 0 Å². The van der Waals surface area contributed by atoms with Crippen LogP contribution in [0, 0.1) is 0 Å². The Morgan fingerprint density at radius 2 is 1.76 bits per heavy atom. The summed E-state index contributed by atoms with van der Waals surface area (Å²) in [6.07, 6.45) is 8.26. The predicted octanol–water partition coefficient (Wildman–Crippen LogP) is 4.09. The van der Waals surface area contributed by atoms with Gasteiger partial charge in [-0.05, 0) is 49.8 Å². The molecule has 1 saturated carbocycles. The summed E-state index contributed by atoms with van der Waals surface area (Å²) >= 11 is 0. The Labute approximate surface area is 129 Å². The minimum Gasteiger partial charge on any atom is -0.309 e. The van der Waals surface area contributed by atoms with Crippen LogP contribution in [0.1, 0.15) is 68.5 Å².